The lowest BCUT2D eigenvalue weighted by Crippen LogP contribution is -2.54. The molecule has 1 saturated heterocycles. The van der Waals surface area contributed by atoms with E-state index in [1.165, 1.54) is 6.33 Å². The lowest BCUT2D eigenvalue weighted by atomic mass is 10.1. The standard InChI is InChI=1S/C12H17N5/c1-8-5-17(6-9(2)16-8)12-11(4-13)10(3)14-7-15-12/h7-9,16H,5-6H2,1-3H3/t8-,9+. The quantitative estimate of drug-likeness (QED) is 0.776. The van der Waals surface area contributed by atoms with Crippen LogP contribution in [0.3, 0.4) is 0 Å². The van der Waals surface area contributed by atoms with Gasteiger partial charge in [0.2, 0.25) is 0 Å². The molecule has 0 aliphatic carbocycles. The van der Waals surface area contributed by atoms with Crippen LogP contribution in [0.4, 0.5) is 5.82 Å². The first kappa shape index (κ1) is 11.8. The van der Waals surface area contributed by atoms with Crippen LogP contribution in [0.1, 0.15) is 25.1 Å². The molecule has 1 fully saturated rings. The second-order valence-electron chi connectivity index (χ2n) is 4.64. The molecule has 5 nitrogen and oxygen atoms in total. The molecule has 1 aromatic heterocycles. The van der Waals surface area contributed by atoms with E-state index in [1.54, 1.807) is 0 Å². The summed E-state index contributed by atoms with van der Waals surface area (Å²) in [6.45, 7) is 7.87. The molecule has 0 radical (unpaired) electrons. The van der Waals surface area contributed by atoms with Crippen molar-refractivity contribution in [2.75, 3.05) is 18.0 Å². The van der Waals surface area contributed by atoms with Gasteiger partial charge in [0.15, 0.2) is 0 Å². The zero-order valence-electron chi connectivity index (χ0n) is 10.4. The van der Waals surface area contributed by atoms with Crippen LogP contribution in [0.15, 0.2) is 6.33 Å². The third kappa shape index (κ3) is 2.37. The number of rotatable bonds is 1. The molecule has 1 aromatic rings. The molecule has 1 N–H and O–H groups in total. The minimum Gasteiger partial charge on any atom is -0.352 e. The number of nitrogens with one attached hydrogen (secondary N) is 1. The van der Waals surface area contributed by atoms with E-state index in [0.717, 1.165) is 24.6 Å². The largest absolute Gasteiger partial charge is 0.352 e. The summed E-state index contributed by atoms with van der Waals surface area (Å²) >= 11 is 0. The van der Waals surface area contributed by atoms with Gasteiger partial charge in [-0.1, -0.05) is 0 Å². The number of nitrogens with zero attached hydrogens (tertiary/aromatic N) is 4. The minimum absolute atomic E-state index is 0.403. The molecule has 2 atom stereocenters. The van der Waals surface area contributed by atoms with Gasteiger partial charge in [-0.3, -0.25) is 0 Å². The molecule has 0 saturated carbocycles. The molecule has 5 heteroatoms. The third-order valence-electron chi connectivity index (χ3n) is 2.99. The van der Waals surface area contributed by atoms with Crippen LogP contribution < -0.4 is 10.2 Å². The van der Waals surface area contributed by atoms with Gasteiger partial charge in [0.25, 0.3) is 0 Å². The fourth-order valence-electron chi connectivity index (χ4n) is 2.33. The van der Waals surface area contributed by atoms with Crippen LogP contribution in [0.25, 0.3) is 0 Å². The lowest BCUT2D eigenvalue weighted by molar-refractivity contribution is 0.405. The van der Waals surface area contributed by atoms with Crippen LogP contribution in [-0.4, -0.2) is 35.1 Å². The van der Waals surface area contributed by atoms with E-state index in [9.17, 15) is 5.26 Å². The molecule has 2 heterocycles. The number of aryl methyl sites for hydroxylation is 1. The summed E-state index contributed by atoms with van der Waals surface area (Å²) < 4.78 is 0. The van der Waals surface area contributed by atoms with Crippen molar-refractivity contribution in [3.8, 4) is 6.07 Å². The van der Waals surface area contributed by atoms with Gasteiger partial charge in [-0.05, 0) is 20.8 Å². The van der Waals surface area contributed by atoms with Gasteiger partial charge in [0, 0.05) is 25.2 Å². The Morgan fingerprint density at radius 2 is 2.00 bits per heavy atom. The minimum atomic E-state index is 0.403. The van der Waals surface area contributed by atoms with Crippen molar-refractivity contribution in [1.82, 2.24) is 15.3 Å². The Hall–Kier alpha value is -1.67. The van der Waals surface area contributed by atoms with Crippen molar-refractivity contribution in [2.45, 2.75) is 32.9 Å². The average Bonchev–Trinajstić information content (AvgIpc) is 2.27. The van der Waals surface area contributed by atoms with Crippen molar-refractivity contribution in [3.63, 3.8) is 0 Å². The van der Waals surface area contributed by atoms with E-state index in [2.05, 4.69) is 40.1 Å². The molecule has 0 bridgehead atoms. The topological polar surface area (TPSA) is 64.8 Å². The van der Waals surface area contributed by atoms with Gasteiger partial charge in [-0.25, -0.2) is 9.97 Å². The van der Waals surface area contributed by atoms with Gasteiger partial charge in [-0.2, -0.15) is 5.26 Å². The first-order valence-corrected chi connectivity index (χ1v) is 5.84. The number of piperazine rings is 1. The number of hydrogen-bond acceptors (Lipinski definition) is 5. The predicted octanol–water partition coefficient (Wildman–Crippen LogP) is 0.843. The third-order valence-corrected chi connectivity index (χ3v) is 2.99. The summed E-state index contributed by atoms with van der Waals surface area (Å²) in [5.41, 5.74) is 1.34. The van der Waals surface area contributed by atoms with Crippen LogP contribution in [0.2, 0.25) is 0 Å². The van der Waals surface area contributed by atoms with E-state index in [1.807, 2.05) is 6.92 Å². The molecule has 0 spiro atoms. The molecule has 0 aromatic carbocycles. The Kier molecular flexibility index (Phi) is 3.25. The van der Waals surface area contributed by atoms with Crippen LogP contribution in [0.5, 0.6) is 0 Å². The monoisotopic (exact) mass is 231 g/mol. The van der Waals surface area contributed by atoms with E-state index < -0.39 is 0 Å². The molecule has 0 unspecified atom stereocenters. The SMILES string of the molecule is Cc1ncnc(N2C[C@@H](C)N[C@@H](C)C2)c1C#N. The molecular formula is C12H17N5. The van der Waals surface area contributed by atoms with Crippen LogP contribution in [-0.2, 0) is 0 Å². The normalized spacial score (nSPS) is 24.5. The molecule has 2 rings (SSSR count). The van der Waals surface area contributed by atoms with E-state index >= 15 is 0 Å². The summed E-state index contributed by atoms with van der Waals surface area (Å²) in [7, 11) is 0. The number of anilines is 1. The maximum absolute atomic E-state index is 9.19. The second-order valence-corrected chi connectivity index (χ2v) is 4.64. The number of aromatic nitrogens is 2. The second kappa shape index (κ2) is 4.68. The predicted molar refractivity (Wildman–Crippen MR) is 65.8 cm³/mol. The number of hydrogen-bond donors (Lipinski definition) is 1. The Labute approximate surface area is 101 Å². The maximum atomic E-state index is 9.19. The Bertz CT molecular complexity index is 441. The first-order chi connectivity index (χ1) is 8.11. The fraction of sp³-hybridized carbons (Fsp3) is 0.583. The van der Waals surface area contributed by atoms with Gasteiger partial charge in [-0.15, -0.1) is 0 Å². The zero-order valence-corrected chi connectivity index (χ0v) is 10.4. The average molecular weight is 231 g/mol. The maximum Gasteiger partial charge on any atom is 0.150 e. The van der Waals surface area contributed by atoms with E-state index in [4.69, 9.17) is 0 Å². The van der Waals surface area contributed by atoms with Gasteiger partial charge in [0.1, 0.15) is 23.8 Å². The van der Waals surface area contributed by atoms with Crippen molar-refractivity contribution < 1.29 is 0 Å². The molecule has 17 heavy (non-hydrogen) atoms. The Morgan fingerprint density at radius 3 is 2.59 bits per heavy atom. The highest BCUT2D eigenvalue weighted by Crippen LogP contribution is 2.20. The van der Waals surface area contributed by atoms with Crippen molar-refractivity contribution in [2.24, 2.45) is 0 Å². The van der Waals surface area contributed by atoms with Gasteiger partial charge in [0.05, 0.1) is 5.69 Å². The van der Waals surface area contributed by atoms with Crippen LogP contribution in [0, 0.1) is 18.3 Å². The highest BCUT2D eigenvalue weighted by Gasteiger charge is 2.24. The van der Waals surface area contributed by atoms with Gasteiger partial charge >= 0.3 is 0 Å². The van der Waals surface area contributed by atoms with E-state index in [-0.39, 0.29) is 0 Å². The summed E-state index contributed by atoms with van der Waals surface area (Å²) in [6, 6.07) is 3.01. The summed E-state index contributed by atoms with van der Waals surface area (Å²) in [5.74, 6) is 0.764. The van der Waals surface area contributed by atoms with Crippen molar-refractivity contribution in [3.05, 3.63) is 17.6 Å². The summed E-state index contributed by atoms with van der Waals surface area (Å²) in [5, 5.41) is 12.7. The summed E-state index contributed by atoms with van der Waals surface area (Å²) in [6.07, 6.45) is 1.53. The molecule has 1 aliphatic heterocycles. The smallest absolute Gasteiger partial charge is 0.150 e. The highest BCUT2D eigenvalue weighted by atomic mass is 15.3. The summed E-state index contributed by atoms with van der Waals surface area (Å²) in [4.78, 5) is 10.5. The number of nitriles is 1. The highest BCUT2D eigenvalue weighted by molar-refractivity contribution is 5.55. The fourth-order valence-corrected chi connectivity index (χ4v) is 2.33. The van der Waals surface area contributed by atoms with Crippen molar-refractivity contribution >= 4 is 5.82 Å². The Morgan fingerprint density at radius 1 is 1.35 bits per heavy atom. The first-order valence-electron chi connectivity index (χ1n) is 5.84. The van der Waals surface area contributed by atoms with Gasteiger partial charge < -0.3 is 10.2 Å². The molecule has 1 aliphatic rings. The Balaban J connectivity index is 2.34. The molecule has 90 valence electrons. The van der Waals surface area contributed by atoms with Crippen LogP contribution >= 0.6 is 0 Å². The van der Waals surface area contributed by atoms with Crippen molar-refractivity contribution in [1.29, 1.82) is 5.26 Å². The zero-order chi connectivity index (χ0) is 12.4. The lowest BCUT2D eigenvalue weighted by Gasteiger charge is -2.37. The van der Waals surface area contributed by atoms with E-state index in [0.29, 0.717) is 17.6 Å². The molecule has 0 amide bonds. The molecular weight excluding hydrogens is 214 g/mol.